The Labute approximate surface area is 112 Å². The summed E-state index contributed by atoms with van der Waals surface area (Å²) >= 11 is 0. The summed E-state index contributed by atoms with van der Waals surface area (Å²) in [5, 5.41) is 0. The van der Waals surface area contributed by atoms with E-state index in [0.29, 0.717) is 12.3 Å². The van der Waals surface area contributed by atoms with E-state index >= 15 is 0 Å². The average Bonchev–Trinajstić information content (AvgIpc) is 2.88. The number of hydrogen-bond acceptors (Lipinski definition) is 3. The minimum atomic E-state index is -0.335. The Bertz CT molecular complexity index is 522. The molecular weight excluding hydrogens is 244 g/mol. The maximum atomic E-state index is 11.8. The van der Waals surface area contributed by atoms with Crippen molar-refractivity contribution >= 4 is 5.97 Å². The molecule has 0 aliphatic heterocycles. The van der Waals surface area contributed by atoms with Gasteiger partial charge in [0, 0.05) is 0 Å². The maximum Gasteiger partial charge on any atom is 0.356 e. The number of hydrogen-bond donors (Lipinski definition) is 0. The van der Waals surface area contributed by atoms with E-state index in [1.165, 1.54) is 6.20 Å². The largest absolute Gasteiger partial charge is 0.461 e. The molecule has 1 heterocycles. The molecule has 0 fully saturated rings. The topological polar surface area (TPSA) is 75.6 Å². The van der Waals surface area contributed by atoms with Crippen molar-refractivity contribution < 1.29 is 15.0 Å². The van der Waals surface area contributed by atoms with Crippen LogP contribution in [0, 0.1) is 0 Å². The van der Waals surface area contributed by atoms with Gasteiger partial charge >= 0.3 is 5.97 Å². The van der Waals surface area contributed by atoms with E-state index in [9.17, 15) is 4.79 Å². The summed E-state index contributed by atoms with van der Waals surface area (Å²) in [4.78, 5) is 15.8. The lowest BCUT2D eigenvalue weighted by Crippen LogP contribution is -2.15. The van der Waals surface area contributed by atoms with Crippen molar-refractivity contribution in [2.75, 3.05) is 6.61 Å². The molecule has 1 unspecified atom stereocenters. The molecule has 0 spiro atoms. The van der Waals surface area contributed by atoms with Gasteiger partial charge in [-0.25, -0.2) is 9.78 Å². The zero-order valence-electron chi connectivity index (χ0n) is 11.0. The van der Waals surface area contributed by atoms with Crippen molar-refractivity contribution in [1.29, 1.82) is 0 Å². The zero-order chi connectivity index (χ0) is 13.0. The molecule has 0 aliphatic rings. The molecule has 0 saturated carbocycles. The Morgan fingerprint density at radius 3 is 2.68 bits per heavy atom. The number of carbonyl (C=O) groups excluding carboxylic acids is 1. The van der Waals surface area contributed by atoms with Gasteiger partial charge in [-0.15, -0.1) is 0 Å². The van der Waals surface area contributed by atoms with E-state index in [1.807, 2.05) is 41.8 Å². The second-order valence-electron chi connectivity index (χ2n) is 3.99. The number of esters is 1. The first kappa shape index (κ1) is 14.9. The Kier molecular flexibility index (Phi) is 5.26. The van der Waals surface area contributed by atoms with Gasteiger partial charge in [0.2, 0.25) is 0 Å². The van der Waals surface area contributed by atoms with E-state index in [2.05, 4.69) is 4.98 Å². The van der Waals surface area contributed by atoms with Gasteiger partial charge in [0.25, 0.3) is 0 Å². The van der Waals surface area contributed by atoms with Crippen LogP contribution >= 0.6 is 0 Å². The minimum Gasteiger partial charge on any atom is -0.461 e. The molecule has 5 heteroatoms. The van der Waals surface area contributed by atoms with Crippen LogP contribution in [0.25, 0.3) is 0 Å². The van der Waals surface area contributed by atoms with Gasteiger partial charge in [-0.3, -0.25) is 0 Å². The SMILES string of the molecule is CCOC(=O)c1cncn1C(C)c1ccccc1.O. The number of aromatic nitrogens is 2. The van der Waals surface area contributed by atoms with Crippen molar-refractivity contribution in [3.05, 3.63) is 54.1 Å². The lowest BCUT2D eigenvalue weighted by atomic mass is 10.1. The van der Waals surface area contributed by atoms with E-state index in [1.54, 1.807) is 13.3 Å². The molecule has 1 aromatic carbocycles. The second-order valence-corrected chi connectivity index (χ2v) is 3.99. The number of imidazole rings is 1. The standard InChI is InChI=1S/C14H16N2O2.H2O/c1-3-18-14(17)13-9-15-10-16(13)11(2)12-7-5-4-6-8-12;/h4-11H,3H2,1-2H3;1H2. The van der Waals surface area contributed by atoms with Gasteiger partial charge in [-0.1, -0.05) is 30.3 Å². The molecule has 2 aromatic rings. The predicted molar refractivity (Wildman–Crippen MR) is 72.1 cm³/mol. The number of carbonyl (C=O) groups is 1. The molecule has 2 N–H and O–H groups in total. The van der Waals surface area contributed by atoms with Crippen LogP contribution in [0.4, 0.5) is 0 Å². The average molecular weight is 262 g/mol. The summed E-state index contributed by atoms with van der Waals surface area (Å²) in [6.07, 6.45) is 3.20. The highest BCUT2D eigenvalue weighted by Crippen LogP contribution is 2.19. The van der Waals surface area contributed by atoms with Crippen molar-refractivity contribution in [2.24, 2.45) is 0 Å². The van der Waals surface area contributed by atoms with Crippen molar-refractivity contribution in [2.45, 2.75) is 19.9 Å². The molecule has 102 valence electrons. The van der Waals surface area contributed by atoms with Crippen LogP contribution in [0.3, 0.4) is 0 Å². The Morgan fingerprint density at radius 2 is 2.05 bits per heavy atom. The van der Waals surface area contributed by atoms with Crippen LogP contribution in [0.15, 0.2) is 42.9 Å². The molecule has 2 rings (SSSR count). The fourth-order valence-corrected chi connectivity index (χ4v) is 1.87. The van der Waals surface area contributed by atoms with Gasteiger partial charge in [0.1, 0.15) is 5.69 Å². The van der Waals surface area contributed by atoms with Gasteiger partial charge in [-0.2, -0.15) is 0 Å². The van der Waals surface area contributed by atoms with Crippen LogP contribution in [-0.2, 0) is 4.74 Å². The van der Waals surface area contributed by atoms with Gasteiger partial charge in [0.15, 0.2) is 0 Å². The fourth-order valence-electron chi connectivity index (χ4n) is 1.87. The molecule has 0 bridgehead atoms. The number of ether oxygens (including phenoxy) is 1. The minimum absolute atomic E-state index is 0. The maximum absolute atomic E-state index is 11.8. The lowest BCUT2D eigenvalue weighted by molar-refractivity contribution is 0.0512. The van der Waals surface area contributed by atoms with Gasteiger partial charge in [0.05, 0.1) is 25.2 Å². The predicted octanol–water partition coefficient (Wildman–Crippen LogP) is 1.84. The molecule has 0 saturated heterocycles. The number of benzene rings is 1. The molecule has 0 aliphatic carbocycles. The lowest BCUT2D eigenvalue weighted by Gasteiger charge is -2.16. The van der Waals surface area contributed by atoms with Crippen molar-refractivity contribution in [3.8, 4) is 0 Å². The third-order valence-electron chi connectivity index (χ3n) is 2.85. The first-order chi connectivity index (χ1) is 8.74. The van der Waals surface area contributed by atoms with Gasteiger partial charge < -0.3 is 14.8 Å². The Hall–Kier alpha value is -2.14. The van der Waals surface area contributed by atoms with Crippen molar-refractivity contribution in [3.63, 3.8) is 0 Å². The second kappa shape index (κ2) is 6.70. The quantitative estimate of drug-likeness (QED) is 0.789. The monoisotopic (exact) mass is 262 g/mol. The normalized spacial score (nSPS) is 11.5. The molecular formula is C14H18N2O3. The third kappa shape index (κ3) is 3.20. The van der Waals surface area contributed by atoms with Crippen molar-refractivity contribution in [1.82, 2.24) is 9.55 Å². The Balaban J connectivity index is 0.00000180. The number of rotatable bonds is 4. The molecule has 0 radical (unpaired) electrons. The van der Waals surface area contributed by atoms with Crippen LogP contribution in [0.5, 0.6) is 0 Å². The molecule has 19 heavy (non-hydrogen) atoms. The summed E-state index contributed by atoms with van der Waals surface area (Å²) in [7, 11) is 0. The highest BCUT2D eigenvalue weighted by molar-refractivity contribution is 5.87. The summed E-state index contributed by atoms with van der Waals surface area (Å²) in [5.41, 5.74) is 1.61. The zero-order valence-corrected chi connectivity index (χ0v) is 11.0. The first-order valence-electron chi connectivity index (χ1n) is 5.98. The fraction of sp³-hybridized carbons (Fsp3) is 0.286. The summed E-state index contributed by atoms with van der Waals surface area (Å²) < 4.78 is 6.84. The first-order valence-corrected chi connectivity index (χ1v) is 5.98. The molecule has 0 amide bonds. The summed E-state index contributed by atoms with van der Waals surface area (Å²) in [6, 6.07) is 10.0. The van der Waals surface area contributed by atoms with E-state index in [4.69, 9.17) is 4.74 Å². The molecule has 1 aromatic heterocycles. The summed E-state index contributed by atoms with van der Waals surface area (Å²) in [6.45, 7) is 4.18. The molecule has 1 atom stereocenters. The highest BCUT2D eigenvalue weighted by Gasteiger charge is 2.17. The third-order valence-corrected chi connectivity index (χ3v) is 2.85. The van der Waals surface area contributed by atoms with Crippen LogP contribution in [-0.4, -0.2) is 27.6 Å². The van der Waals surface area contributed by atoms with Gasteiger partial charge in [-0.05, 0) is 19.4 Å². The smallest absolute Gasteiger partial charge is 0.356 e. The van der Waals surface area contributed by atoms with E-state index in [0.717, 1.165) is 5.56 Å². The van der Waals surface area contributed by atoms with Crippen LogP contribution in [0.1, 0.15) is 35.9 Å². The van der Waals surface area contributed by atoms with Crippen LogP contribution < -0.4 is 0 Å². The highest BCUT2D eigenvalue weighted by atomic mass is 16.5. The Morgan fingerprint density at radius 1 is 1.37 bits per heavy atom. The van der Waals surface area contributed by atoms with Crippen LogP contribution in [0.2, 0.25) is 0 Å². The van der Waals surface area contributed by atoms with E-state index < -0.39 is 0 Å². The van der Waals surface area contributed by atoms with E-state index in [-0.39, 0.29) is 17.5 Å². The number of nitrogens with zero attached hydrogens (tertiary/aromatic N) is 2. The summed E-state index contributed by atoms with van der Waals surface area (Å²) in [5.74, 6) is -0.335. The molecule has 5 nitrogen and oxygen atoms in total.